The molecule has 0 saturated carbocycles. The van der Waals surface area contributed by atoms with Crippen LogP contribution in [0.25, 0.3) is 0 Å². The first-order valence-electron chi connectivity index (χ1n) is 34.4. The van der Waals surface area contributed by atoms with Crippen molar-refractivity contribution in [1.29, 1.82) is 0 Å². The normalized spacial score (nSPS) is 13.3. The molecule has 9 heteroatoms. The van der Waals surface area contributed by atoms with E-state index in [4.69, 9.17) is 18.9 Å². The zero-order chi connectivity index (χ0) is 60.5. The van der Waals surface area contributed by atoms with E-state index in [9.17, 15) is 19.5 Å². The van der Waals surface area contributed by atoms with Crippen LogP contribution in [0, 0.1) is 0 Å². The first kappa shape index (κ1) is 79.2. The van der Waals surface area contributed by atoms with Crippen LogP contribution < -0.4 is 5.11 Å². The smallest absolute Gasteiger partial charge is 0.306 e. The molecule has 0 heterocycles. The number of hydrogen-bond donors (Lipinski definition) is 0. The van der Waals surface area contributed by atoms with Crippen molar-refractivity contribution in [3.8, 4) is 0 Å². The Morgan fingerprint density at radius 3 is 0.964 bits per heavy atom. The highest BCUT2D eigenvalue weighted by Crippen LogP contribution is 2.18. The molecule has 0 aliphatic carbocycles. The van der Waals surface area contributed by atoms with Gasteiger partial charge in [0.1, 0.15) is 13.2 Å². The molecule has 0 saturated heterocycles. The van der Waals surface area contributed by atoms with Gasteiger partial charge in [0.05, 0.1) is 40.3 Å². The van der Waals surface area contributed by atoms with E-state index < -0.39 is 24.3 Å². The molecule has 0 spiro atoms. The van der Waals surface area contributed by atoms with Crippen molar-refractivity contribution in [2.24, 2.45) is 0 Å². The van der Waals surface area contributed by atoms with Gasteiger partial charge in [-0.25, -0.2) is 0 Å². The number of esters is 2. The van der Waals surface area contributed by atoms with Crippen molar-refractivity contribution in [3.05, 3.63) is 97.2 Å². The molecule has 0 aromatic carbocycles. The van der Waals surface area contributed by atoms with E-state index in [0.29, 0.717) is 17.4 Å². The molecule has 0 radical (unpaired) electrons. The lowest BCUT2D eigenvalue weighted by Gasteiger charge is -2.26. The highest BCUT2D eigenvalue weighted by molar-refractivity contribution is 5.70. The van der Waals surface area contributed by atoms with Gasteiger partial charge in [-0.1, -0.05) is 291 Å². The second-order valence-corrected chi connectivity index (χ2v) is 24.1. The zero-order valence-electron chi connectivity index (χ0n) is 54.5. The third-order valence-corrected chi connectivity index (χ3v) is 14.8. The second kappa shape index (κ2) is 64.2. The fourth-order valence-electron chi connectivity index (χ4n) is 9.64. The van der Waals surface area contributed by atoms with Crippen molar-refractivity contribution in [3.63, 3.8) is 0 Å². The second-order valence-electron chi connectivity index (χ2n) is 24.1. The zero-order valence-corrected chi connectivity index (χ0v) is 54.5. The van der Waals surface area contributed by atoms with Gasteiger partial charge in [0.25, 0.3) is 0 Å². The lowest BCUT2D eigenvalue weighted by atomic mass is 10.0. The summed E-state index contributed by atoms with van der Waals surface area (Å²) in [6, 6.07) is 0. The molecule has 0 aliphatic heterocycles. The maximum absolute atomic E-state index is 12.9. The molecule has 83 heavy (non-hydrogen) atoms. The summed E-state index contributed by atoms with van der Waals surface area (Å²) in [4.78, 5) is 37.4. The summed E-state index contributed by atoms with van der Waals surface area (Å²) in [5.41, 5.74) is 0. The van der Waals surface area contributed by atoms with Crippen LogP contribution in [0.5, 0.6) is 0 Å². The SMILES string of the molecule is CC/C=C\C/C=C\C/C=C\C/C=C\CCCCCCCCCCCCCCCCCCCCCCCCCCC(=O)OC(COC(=O)CCCCCCCCCC/C=C\C/C=C\C/C=C\C/C=C\CC)COC(OCC[N+](C)(C)C)C(=O)[O-]. The van der Waals surface area contributed by atoms with Crippen molar-refractivity contribution in [1.82, 2.24) is 0 Å². The molecule has 478 valence electrons. The number of aliphatic carboxylic acids is 1. The van der Waals surface area contributed by atoms with Crippen LogP contribution >= 0.6 is 0 Å². The molecule has 0 bridgehead atoms. The Hall–Kier alpha value is -3.79. The molecular weight excluding hydrogens is 1030 g/mol. The van der Waals surface area contributed by atoms with Gasteiger partial charge in [0, 0.05) is 12.8 Å². The Balaban J connectivity index is 4.04. The predicted octanol–water partition coefficient (Wildman–Crippen LogP) is 19.9. The number of unbranched alkanes of at least 4 members (excludes halogenated alkanes) is 32. The van der Waals surface area contributed by atoms with Gasteiger partial charge in [0.2, 0.25) is 0 Å². The van der Waals surface area contributed by atoms with E-state index in [1.54, 1.807) is 0 Å². The van der Waals surface area contributed by atoms with Gasteiger partial charge in [0.15, 0.2) is 12.4 Å². The number of carboxylic acid groups (broad SMARTS) is 1. The maximum Gasteiger partial charge on any atom is 0.306 e. The summed E-state index contributed by atoms with van der Waals surface area (Å²) < 4.78 is 22.8. The molecule has 0 aromatic rings. The van der Waals surface area contributed by atoms with Crippen LogP contribution in [-0.4, -0.2) is 82.3 Å². The van der Waals surface area contributed by atoms with Crippen molar-refractivity contribution < 1.29 is 42.9 Å². The fourth-order valence-corrected chi connectivity index (χ4v) is 9.64. The number of ether oxygens (including phenoxy) is 4. The van der Waals surface area contributed by atoms with Gasteiger partial charge in [-0.3, -0.25) is 9.59 Å². The molecule has 0 amide bonds. The minimum absolute atomic E-state index is 0.144. The molecule has 2 atom stereocenters. The Morgan fingerprint density at radius 2 is 0.651 bits per heavy atom. The summed E-state index contributed by atoms with van der Waals surface area (Å²) in [5, 5.41) is 11.8. The lowest BCUT2D eigenvalue weighted by molar-refractivity contribution is -0.870. The fraction of sp³-hybridized carbons (Fsp3) is 0.743. The molecule has 0 fully saturated rings. The van der Waals surface area contributed by atoms with Crippen molar-refractivity contribution in [2.75, 3.05) is 47.5 Å². The summed E-state index contributed by atoms with van der Waals surface area (Å²) in [5.74, 6) is -2.28. The Labute approximate surface area is 512 Å². The molecule has 0 aliphatic rings. The van der Waals surface area contributed by atoms with Crippen LogP contribution in [0.1, 0.15) is 296 Å². The van der Waals surface area contributed by atoms with Crippen LogP contribution in [0.2, 0.25) is 0 Å². The van der Waals surface area contributed by atoms with Gasteiger partial charge >= 0.3 is 11.9 Å². The number of carbonyl (C=O) groups is 3. The van der Waals surface area contributed by atoms with Gasteiger partial charge in [-0.05, 0) is 89.9 Å². The van der Waals surface area contributed by atoms with Crippen molar-refractivity contribution in [2.45, 2.75) is 309 Å². The van der Waals surface area contributed by atoms with Crippen molar-refractivity contribution >= 4 is 17.9 Å². The van der Waals surface area contributed by atoms with Gasteiger partial charge in [-0.15, -0.1) is 0 Å². The molecule has 0 N–H and O–H groups in total. The number of likely N-dealkylation sites (N-methyl/N-ethyl adjacent to an activating group) is 1. The van der Waals surface area contributed by atoms with Crippen LogP contribution in [0.4, 0.5) is 0 Å². The van der Waals surface area contributed by atoms with Gasteiger partial charge < -0.3 is 33.3 Å². The first-order valence-corrected chi connectivity index (χ1v) is 34.4. The van der Waals surface area contributed by atoms with E-state index in [0.717, 1.165) is 96.3 Å². The summed E-state index contributed by atoms with van der Waals surface area (Å²) in [7, 11) is 5.93. The van der Waals surface area contributed by atoms with E-state index in [2.05, 4.69) is 111 Å². The van der Waals surface area contributed by atoms with E-state index in [1.165, 1.54) is 167 Å². The topological polar surface area (TPSA) is 111 Å². The standard InChI is InChI=1S/C74H129NO8/c1-6-8-10-12-14-16-18-20-22-24-26-28-29-30-31-32-33-34-35-36-37-38-39-40-41-42-43-45-47-49-51-53-55-57-59-61-63-65-72(77)83-70(69-82-74(73(78)79)80-67-66-75(3,4)5)68-81-71(76)64-62-60-58-56-54-52-50-48-46-44-27-25-23-21-19-17-15-13-11-9-7-2/h8-11,14-17,20-23,26-28,44,70,74H,6-7,12-13,18-19,24-25,29-43,45-69H2,1-5H3/b10-8-,11-9-,16-14-,17-15-,22-20-,23-21-,28-26-,44-27-. The first-order chi connectivity index (χ1) is 40.6. The minimum Gasteiger partial charge on any atom is -0.545 e. The third kappa shape index (κ3) is 65.6. The average Bonchev–Trinajstić information content (AvgIpc) is 3.46. The number of rotatable bonds is 63. The maximum atomic E-state index is 12.9. The summed E-state index contributed by atoms with van der Waals surface area (Å²) in [6.45, 7) is 4.54. The summed E-state index contributed by atoms with van der Waals surface area (Å²) in [6.07, 6.45) is 85.0. The highest BCUT2D eigenvalue weighted by Gasteiger charge is 2.22. The molecule has 9 nitrogen and oxygen atoms in total. The lowest BCUT2D eigenvalue weighted by Crippen LogP contribution is -2.44. The van der Waals surface area contributed by atoms with E-state index in [1.807, 2.05) is 21.1 Å². The number of carbonyl (C=O) groups excluding carboxylic acids is 3. The average molecular weight is 1160 g/mol. The number of carboxylic acids is 1. The monoisotopic (exact) mass is 1160 g/mol. The van der Waals surface area contributed by atoms with Crippen LogP contribution in [0.15, 0.2) is 97.2 Å². The number of quaternary nitrogens is 1. The number of hydrogen-bond acceptors (Lipinski definition) is 8. The predicted molar refractivity (Wildman–Crippen MR) is 352 cm³/mol. The summed E-state index contributed by atoms with van der Waals surface area (Å²) >= 11 is 0. The van der Waals surface area contributed by atoms with Crippen LogP contribution in [0.3, 0.4) is 0 Å². The third-order valence-electron chi connectivity index (χ3n) is 14.8. The largest absolute Gasteiger partial charge is 0.545 e. The Bertz CT molecular complexity index is 1680. The molecule has 0 rings (SSSR count). The number of nitrogens with zero attached hydrogens (tertiary/aromatic N) is 1. The molecule has 0 aromatic heterocycles. The quantitative estimate of drug-likeness (QED) is 0.0195. The minimum atomic E-state index is -1.63. The van der Waals surface area contributed by atoms with E-state index >= 15 is 0 Å². The highest BCUT2D eigenvalue weighted by atomic mass is 16.7. The van der Waals surface area contributed by atoms with Crippen LogP contribution in [-0.2, 0) is 33.3 Å². The molecule has 2 unspecified atom stereocenters. The Kier molecular flexibility index (Phi) is 61.3. The number of allylic oxidation sites excluding steroid dienone is 16. The van der Waals surface area contributed by atoms with E-state index in [-0.39, 0.29) is 38.6 Å². The van der Waals surface area contributed by atoms with Gasteiger partial charge in [-0.2, -0.15) is 0 Å². The Morgan fingerprint density at radius 1 is 0.361 bits per heavy atom. The molecular formula is C74H129NO8.